The van der Waals surface area contributed by atoms with Gasteiger partial charge in [0.2, 0.25) is 0 Å². The van der Waals surface area contributed by atoms with Crippen molar-refractivity contribution in [2.75, 3.05) is 6.54 Å². The van der Waals surface area contributed by atoms with Gasteiger partial charge in [-0.25, -0.2) is 0 Å². The van der Waals surface area contributed by atoms with Gasteiger partial charge in [-0.05, 0) is 32.6 Å². The number of aliphatic hydroxyl groups is 1. The van der Waals surface area contributed by atoms with Gasteiger partial charge in [-0.2, -0.15) is 0 Å². The van der Waals surface area contributed by atoms with E-state index in [1.54, 1.807) is 0 Å². The van der Waals surface area contributed by atoms with Crippen LogP contribution in [0.1, 0.15) is 59.8 Å². The SMILES string of the molecule is CCCN(C=C(C)CC)C1CC(O)CC(CC)O1. The van der Waals surface area contributed by atoms with Crippen molar-refractivity contribution >= 4 is 0 Å². The molecule has 1 saturated heterocycles. The highest BCUT2D eigenvalue weighted by Crippen LogP contribution is 2.25. The van der Waals surface area contributed by atoms with E-state index in [4.69, 9.17) is 4.74 Å². The van der Waals surface area contributed by atoms with Crippen LogP contribution < -0.4 is 0 Å². The molecule has 3 nitrogen and oxygen atoms in total. The molecule has 1 N–H and O–H groups in total. The zero-order valence-electron chi connectivity index (χ0n) is 12.4. The van der Waals surface area contributed by atoms with E-state index in [9.17, 15) is 5.11 Å². The molecular weight excluding hydrogens is 226 g/mol. The van der Waals surface area contributed by atoms with Gasteiger partial charge < -0.3 is 14.7 Å². The normalized spacial score (nSPS) is 29.4. The van der Waals surface area contributed by atoms with E-state index in [0.717, 1.165) is 38.6 Å². The van der Waals surface area contributed by atoms with Crippen LogP contribution in [0.3, 0.4) is 0 Å². The van der Waals surface area contributed by atoms with E-state index in [2.05, 4.69) is 38.8 Å². The first-order valence-corrected chi connectivity index (χ1v) is 7.37. The average Bonchev–Trinajstić information content (AvgIpc) is 2.37. The highest BCUT2D eigenvalue weighted by molar-refractivity contribution is 4.97. The van der Waals surface area contributed by atoms with Gasteiger partial charge in [0.15, 0.2) is 0 Å². The molecular formula is C15H29NO2. The molecule has 0 bridgehead atoms. The lowest BCUT2D eigenvalue weighted by Crippen LogP contribution is -2.44. The molecule has 3 atom stereocenters. The molecule has 0 amide bonds. The van der Waals surface area contributed by atoms with Crippen molar-refractivity contribution in [3.05, 3.63) is 11.8 Å². The van der Waals surface area contributed by atoms with Crippen LogP contribution in [-0.2, 0) is 4.74 Å². The maximum absolute atomic E-state index is 9.96. The van der Waals surface area contributed by atoms with Crippen LogP contribution in [0.25, 0.3) is 0 Å². The second-order valence-electron chi connectivity index (χ2n) is 5.31. The second-order valence-corrected chi connectivity index (χ2v) is 5.31. The fourth-order valence-electron chi connectivity index (χ4n) is 2.37. The van der Waals surface area contributed by atoms with Crippen molar-refractivity contribution in [1.29, 1.82) is 0 Å². The molecule has 0 radical (unpaired) electrons. The molecule has 1 rings (SSSR count). The first-order chi connectivity index (χ1) is 8.60. The molecule has 3 heteroatoms. The second kappa shape index (κ2) is 7.80. The fraction of sp³-hybridized carbons (Fsp3) is 0.867. The van der Waals surface area contributed by atoms with Gasteiger partial charge in [0.1, 0.15) is 6.23 Å². The Bertz CT molecular complexity index is 265. The number of hydrogen-bond donors (Lipinski definition) is 1. The third kappa shape index (κ3) is 4.62. The summed E-state index contributed by atoms with van der Waals surface area (Å²) < 4.78 is 6.09. The number of aliphatic hydroxyl groups excluding tert-OH is 1. The van der Waals surface area contributed by atoms with Crippen molar-refractivity contribution in [3.8, 4) is 0 Å². The van der Waals surface area contributed by atoms with E-state index in [0.29, 0.717) is 0 Å². The molecule has 0 saturated carbocycles. The number of nitrogens with zero attached hydrogens (tertiary/aromatic N) is 1. The Labute approximate surface area is 112 Å². The van der Waals surface area contributed by atoms with E-state index >= 15 is 0 Å². The van der Waals surface area contributed by atoms with Crippen LogP contribution in [-0.4, -0.2) is 35.0 Å². The van der Waals surface area contributed by atoms with Crippen LogP contribution in [0.2, 0.25) is 0 Å². The van der Waals surface area contributed by atoms with Gasteiger partial charge in [-0.3, -0.25) is 0 Å². The number of ether oxygens (including phenoxy) is 1. The molecule has 18 heavy (non-hydrogen) atoms. The fourth-order valence-corrected chi connectivity index (χ4v) is 2.37. The van der Waals surface area contributed by atoms with Gasteiger partial charge in [-0.15, -0.1) is 0 Å². The van der Waals surface area contributed by atoms with Crippen LogP contribution in [0, 0.1) is 0 Å². The lowest BCUT2D eigenvalue weighted by molar-refractivity contribution is -0.147. The smallest absolute Gasteiger partial charge is 0.132 e. The Morgan fingerprint density at radius 2 is 2.06 bits per heavy atom. The minimum absolute atomic E-state index is 0.0418. The summed E-state index contributed by atoms with van der Waals surface area (Å²) in [6.45, 7) is 9.61. The summed E-state index contributed by atoms with van der Waals surface area (Å²) in [4.78, 5) is 2.27. The van der Waals surface area contributed by atoms with Crippen molar-refractivity contribution in [3.63, 3.8) is 0 Å². The summed E-state index contributed by atoms with van der Waals surface area (Å²) in [5.41, 5.74) is 1.36. The van der Waals surface area contributed by atoms with Gasteiger partial charge in [0.05, 0.1) is 12.2 Å². The third-order valence-corrected chi connectivity index (χ3v) is 3.61. The number of allylic oxidation sites excluding steroid dienone is 1. The molecule has 0 aromatic heterocycles. The molecule has 0 aromatic carbocycles. The topological polar surface area (TPSA) is 32.7 Å². The number of hydrogen-bond acceptors (Lipinski definition) is 3. The summed E-state index contributed by atoms with van der Waals surface area (Å²) in [5, 5.41) is 9.96. The monoisotopic (exact) mass is 255 g/mol. The highest BCUT2D eigenvalue weighted by Gasteiger charge is 2.29. The molecule has 1 aliphatic rings. The zero-order valence-corrected chi connectivity index (χ0v) is 12.4. The lowest BCUT2D eigenvalue weighted by atomic mass is 10.0. The molecule has 1 heterocycles. The Morgan fingerprint density at radius 1 is 1.33 bits per heavy atom. The van der Waals surface area contributed by atoms with Crippen LogP contribution >= 0.6 is 0 Å². The maximum atomic E-state index is 9.96. The highest BCUT2D eigenvalue weighted by atomic mass is 16.5. The average molecular weight is 255 g/mol. The first-order valence-electron chi connectivity index (χ1n) is 7.37. The van der Waals surface area contributed by atoms with Crippen LogP contribution in [0.5, 0.6) is 0 Å². The minimum atomic E-state index is -0.219. The molecule has 1 aliphatic heterocycles. The van der Waals surface area contributed by atoms with E-state index in [-0.39, 0.29) is 18.4 Å². The molecule has 0 aromatic rings. The van der Waals surface area contributed by atoms with Crippen molar-refractivity contribution in [2.24, 2.45) is 0 Å². The van der Waals surface area contributed by atoms with Gasteiger partial charge >= 0.3 is 0 Å². The Kier molecular flexibility index (Phi) is 6.72. The standard InChI is InChI=1S/C15H29NO2/c1-5-8-16(11-12(4)6-2)15-10-13(17)9-14(7-3)18-15/h11,13-15,17H,5-10H2,1-4H3. The van der Waals surface area contributed by atoms with E-state index in [1.807, 2.05) is 0 Å². The van der Waals surface area contributed by atoms with Crippen LogP contribution in [0.4, 0.5) is 0 Å². The van der Waals surface area contributed by atoms with Crippen molar-refractivity contribution in [2.45, 2.75) is 78.2 Å². The van der Waals surface area contributed by atoms with Gasteiger partial charge in [-0.1, -0.05) is 26.3 Å². The predicted octanol–water partition coefficient (Wildman–Crippen LogP) is 3.29. The van der Waals surface area contributed by atoms with Crippen LogP contribution in [0.15, 0.2) is 11.8 Å². The van der Waals surface area contributed by atoms with E-state index in [1.165, 1.54) is 5.57 Å². The molecule has 3 unspecified atom stereocenters. The summed E-state index contributed by atoms with van der Waals surface area (Å²) in [7, 11) is 0. The van der Waals surface area contributed by atoms with Crippen molar-refractivity contribution in [1.82, 2.24) is 4.90 Å². The zero-order chi connectivity index (χ0) is 13.5. The summed E-state index contributed by atoms with van der Waals surface area (Å²) in [5.74, 6) is 0. The maximum Gasteiger partial charge on any atom is 0.132 e. The van der Waals surface area contributed by atoms with E-state index < -0.39 is 0 Å². The minimum Gasteiger partial charge on any atom is -0.393 e. The van der Waals surface area contributed by atoms with Gasteiger partial charge in [0, 0.05) is 19.2 Å². The summed E-state index contributed by atoms with van der Waals surface area (Å²) in [6, 6.07) is 0. The third-order valence-electron chi connectivity index (χ3n) is 3.61. The lowest BCUT2D eigenvalue weighted by Gasteiger charge is -2.39. The Morgan fingerprint density at radius 3 is 2.61 bits per heavy atom. The number of rotatable bonds is 6. The largest absolute Gasteiger partial charge is 0.393 e. The Hall–Kier alpha value is -0.540. The quantitative estimate of drug-likeness (QED) is 0.790. The molecule has 0 spiro atoms. The Balaban J connectivity index is 2.71. The van der Waals surface area contributed by atoms with Gasteiger partial charge in [0.25, 0.3) is 0 Å². The summed E-state index contributed by atoms with van der Waals surface area (Å²) >= 11 is 0. The van der Waals surface area contributed by atoms with Crippen molar-refractivity contribution < 1.29 is 9.84 Å². The molecule has 106 valence electrons. The first kappa shape index (κ1) is 15.5. The predicted molar refractivity (Wildman–Crippen MR) is 75.2 cm³/mol. The molecule has 1 fully saturated rings. The molecule has 0 aliphatic carbocycles. The summed E-state index contributed by atoms with van der Waals surface area (Å²) in [6.07, 6.45) is 6.88.